The van der Waals surface area contributed by atoms with Gasteiger partial charge >= 0.3 is 0 Å². The van der Waals surface area contributed by atoms with Crippen molar-refractivity contribution in [2.45, 2.75) is 6.92 Å². The van der Waals surface area contributed by atoms with Crippen molar-refractivity contribution in [3.8, 4) is 0 Å². The SMILES string of the molecule is COC=Nc1ccc(C)cc1. The number of ether oxygens (including phenoxy) is 1. The van der Waals surface area contributed by atoms with E-state index in [2.05, 4.69) is 9.73 Å². The van der Waals surface area contributed by atoms with Crippen LogP contribution in [0, 0.1) is 6.92 Å². The lowest BCUT2D eigenvalue weighted by molar-refractivity contribution is 0.423. The van der Waals surface area contributed by atoms with Crippen molar-refractivity contribution in [3.05, 3.63) is 29.8 Å². The highest BCUT2D eigenvalue weighted by molar-refractivity contribution is 5.55. The average molecular weight is 149 g/mol. The second kappa shape index (κ2) is 3.76. The summed E-state index contributed by atoms with van der Waals surface area (Å²) in [6.07, 6.45) is 1.42. The lowest BCUT2D eigenvalue weighted by atomic mass is 10.2. The van der Waals surface area contributed by atoms with E-state index in [1.54, 1.807) is 7.11 Å². The Labute approximate surface area is 66.5 Å². The highest BCUT2D eigenvalue weighted by atomic mass is 16.5. The maximum atomic E-state index is 4.68. The molecule has 0 fully saturated rings. The summed E-state index contributed by atoms with van der Waals surface area (Å²) in [5.74, 6) is 0. The summed E-state index contributed by atoms with van der Waals surface area (Å²) in [5, 5.41) is 0. The number of nitrogens with zero attached hydrogens (tertiary/aromatic N) is 1. The second-order valence-corrected chi connectivity index (χ2v) is 2.31. The number of methoxy groups -OCH3 is 1. The third-order valence-electron chi connectivity index (χ3n) is 1.34. The van der Waals surface area contributed by atoms with Gasteiger partial charge in [0.05, 0.1) is 12.8 Å². The van der Waals surface area contributed by atoms with Gasteiger partial charge in [-0.1, -0.05) is 17.7 Å². The molecule has 2 heteroatoms. The molecule has 0 aliphatic carbocycles. The van der Waals surface area contributed by atoms with E-state index in [-0.39, 0.29) is 0 Å². The van der Waals surface area contributed by atoms with Crippen molar-refractivity contribution in [2.75, 3.05) is 7.11 Å². The molecule has 11 heavy (non-hydrogen) atoms. The zero-order valence-electron chi connectivity index (χ0n) is 6.74. The standard InChI is InChI=1S/C9H11NO/c1-8-3-5-9(6-4-8)10-7-11-2/h3-7H,1-2H3. The van der Waals surface area contributed by atoms with Gasteiger partial charge in [-0.3, -0.25) is 0 Å². The van der Waals surface area contributed by atoms with Crippen molar-refractivity contribution in [3.63, 3.8) is 0 Å². The normalized spacial score (nSPS) is 10.4. The van der Waals surface area contributed by atoms with Crippen LogP contribution in [0.15, 0.2) is 29.3 Å². The van der Waals surface area contributed by atoms with E-state index < -0.39 is 0 Å². The number of aryl methyl sites for hydroxylation is 1. The molecule has 1 aromatic carbocycles. The minimum atomic E-state index is 0.914. The lowest BCUT2D eigenvalue weighted by Gasteiger charge is -1.93. The smallest absolute Gasteiger partial charge is 0.174 e. The molecule has 0 saturated carbocycles. The van der Waals surface area contributed by atoms with Crippen LogP contribution < -0.4 is 0 Å². The Morgan fingerprint density at radius 2 is 1.91 bits per heavy atom. The first-order valence-corrected chi connectivity index (χ1v) is 3.45. The third-order valence-corrected chi connectivity index (χ3v) is 1.34. The fourth-order valence-corrected chi connectivity index (χ4v) is 0.744. The topological polar surface area (TPSA) is 21.6 Å². The maximum absolute atomic E-state index is 4.68. The molecule has 0 radical (unpaired) electrons. The van der Waals surface area contributed by atoms with Gasteiger partial charge in [0.15, 0.2) is 6.40 Å². The number of hydrogen-bond acceptors (Lipinski definition) is 2. The summed E-state index contributed by atoms with van der Waals surface area (Å²) < 4.78 is 4.68. The van der Waals surface area contributed by atoms with Crippen LogP contribution in [0.4, 0.5) is 5.69 Å². The molecule has 0 aliphatic heterocycles. The number of hydrogen-bond donors (Lipinski definition) is 0. The summed E-state index contributed by atoms with van der Waals surface area (Å²) in [6, 6.07) is 7.93. The largest absolute Gasteiger partial charge is 0.486 e. The molecule has 0 heterocycles. The lowest BCUT2D eigenvalue weighted by Crippen LogP contribution is -1.75. The Hall–Kier alpha value is -1.31. The summed E-state index contributed by atoms with van der Waals surface area (Å²) in [6.45, 7) is 2.05. The third kappa shape index (κ3) is 2.42. The van der Waals surface area contributed by atoms with Crippen LogP contribution in [-0.2, 0) is 4.74 Å². The molecule has 0 amide bonds. The van der Waals surface area contributed by atoms with Crippen LogP contribution in [0.1, 0.15) is 5.56 Å². The number of aliphatic imine (C=N–C) groups is 1. The Morgan fingerprint density at radius 3 is 2.45 bits per heavy atom. The summed E-state index contributed by atoms with van der Waals surface area (Å²) in [5.41, 5.74) is 2.15. The molecule has 2 nitrogen and oxygen atoms in total. The highest BCUT2D eigenvalue weighted by Crippen LogP contribution is 2.11. The predicted octanol–water partition coefficient (Wildman–Crippen LogP) is 2.30. The van der Waals surface area contributed by atoms with E-state index in [4.69, 9.17) is 0 Å². The second-order valence-electron chi connectivity index (χ2n) is 2.31. The average Bonchev–Trinajstić information content (AvgIpc) is 2.04. The number of benzene rings is 1. The first-order valence-electron chi connectivity index (χ1n) is 3.45. The molecular weight excluding hydrogens is 138 g/mol. The first-order chi connectivity index (χ1) is 5.33. The van der Waals surface area contributed by atoms with E-state index in [1.807, 2.05) is 31.2 Å². The number of rotatable bonds is 2. The Morgan fingerprint density at radius 1 is 1.27 bits per heavy atom. The van der Waals surface area contributed by atoms with Gasteiger partial charge in [0.1, 0.15) is 0 Å². The summed E-state index contributed by atoms with van der Waals surface area (Å²) >= 11 is 0. The van der Waals surface area contributed by atoms with Crippen LogP contribution in [0.5, 0.6) is 0 Å². The van der Waals surface area contributed by atoms with Gasteiger partial charge in [0.25, 0.3) is 0 Å². The minimum Gasteiger partial charge on any atom is -0.486 e. The fourth-order valence-electron chi connectivity index (χ4n) is 0.744. The van der Waals surface area contributed by atoms with Gasteiger partial charge in [-0.05, 0) is 19.1 Å². The molecule has 1 rings (SSSR count). The molecule has 0 atom stereocenters. The molecule has 0 N–H and O–H groups in total. The Balaban J connectivity index is 2.73. The van der Waals surface area contributed by atoms with Crippen LogP contribution in [0.2, 0.25) is 0 Å². The van der Waals surface area contributed by atoms with E-state index in [1.165, 1.54) is 12.0 Å². The highest BCUT2D eigenvalue weighted by Gasteiger charge is 1.85. The Bertz CT molecular complexity index is 238. The zero-order chi connectivity index (χ0) is 8.10. The fraction of sp³-hybridized carbons (Fsp3) is 0.222. The van der Waals surface area contributed by atoms with Gasteiger partial charge in [0, 0.05) is 0 Å². The van der Waals surface area contributed by atoms with Crippen LogP contribution in [0.3, 0.4) is 0 Å². The first kappa shape index (κ1) is 7.79. The Kier molecular flexibility index (Phi) is 2.66. The van der Waals surface area contributed by atoms with Gasteiger partial charge in [-0.25, -0.2) is 4.99 Å². The quantitative estimate of drug-likeness (QED) is 0.467. The molecule has 58 valence electrons. The van der Waals surface area contributed by atoms with E-state index >= 15 is 0 Å². The van der Waals surface area contributed by atoms with Crippen molar-refractivity contribution in [1.82, 2.24) is 0 Å². The molecule has 0 unspecified atom stereocenters. The van der Waals surface area contributed by atoms with Crippen molar-refractivity contribution in [1.29, 1.82) is 0 Å². The molecule has 0 bridgehead atoms. The maximum Gasteiger partial charge on any atom is 0.174 e. The van der Waals surface area contributed by atoms with Crippen LogP contribution >= 0.6 is 0 Å². The van der Waals surface area contributed by atoms with Crippen molar-refractivity contribution in [2.24, 2.45) is 4.99 Å². The minimum absolute atomic E-state index is 0.914. The zero-order valence-corrected chi connectivity index (χ0v) is 6.74. The van der Waals surface area contributed by atoms with Gasteiger partial charge in [-0.15, -0.1) is 0 Å². The summed E-state index contributed by atoms with van der Waals surface area (Å²) in [4.78, 5) is 4.02. The van der Waals surface area contributed by atoms with Crippen LogP contribution in [0.25, 0.3) is 0 Å². The summed E-state index contributed by atoms with van der Waals surface area (Å²) in [7, 11) is 1.58. The molecule has 1 aromatic rings. The van der Waals surface area contributed by atoms with Crippen molar-refractivity contribution >= 4 is 12.1 Å². The van der Waals surface area contributed by atoms with Gasteiger partial charge in [-0.2, -0.15) is 0 Å². The van der Waals surface area contributed by atoms with E-state index in [9.17, 15) is 0 Å². The molecular formula is C9H11NO. The van der Waals surface area contributed by atoms with Crippen LogP contribution in [-0.4, -0.2) is 13.5 Å². The van der Waals surface area contributed by atoms with Crippen molar-refractivity contribution < 1.29 is 4.74 Å². The van der Waals surface area contributed by atoms with Gasteiger partial charge < -0.3 is 4.74 Å². The molecule has 0 aliphatic rings. The molecule has 0 aromatic heterocycles. The molecule has 0 saturated heterocycles. The van der Waals surface area contributed by atoms with Gasteiger partial charge in [0.2, 0.25) is 0 Å². The molecule has 0 spiro atoms. The monoisotopic (exact) mass is 149 g/mol. The van der Waals surface area contributed by atoms with E-state index in [0.717, 1.165) is 5.69 Å². The van der Waals surface area contributed by atoms with E-state index in [0.29, 0.717) is 0 Å². The predicted molar refractivity (Wildman–Crippen MR) is 46.3 cm³/mol.